The zero-order valence-electron chi connectivity index (χ0n) is 10.5. The van der Waals surface area contributed by atoms with E-state index in [1.54, 1.807) is 6.08 Å². The van der Waals surface area contributed by atoms with Gasteiger partial charge in [-0.1, -0.05) is 27.2 Å². The van der Waals surface area contributed by atoms with Crippen LogP contribution in [0.1, 0.15) is 40.0 Å². The molecule has 0 bridgehead atoms. The van der Waals surface area contributed by atoms with E-state index in [0.717, 1.165) is 5.92 Å². The molecular weight excluding hydrogens is 200 g/mol. The molecule has 0 aromatic carbocycles. The molecule has 0 aromatic rings. The maximum Gasteiger partial charge on any atom is 0.331 e. The van der Waals surface area contributed by atoms with E-state index in [4.69, 9.17) is 4.74 Å². The molecule has 1 aliphatic carbocycles. The van der Waals surface area contributed by atoms with Crippen molar-refractivity contribution in [2.24, 2.45) is 23.7 Å². The SMILES string of the molecule is CC(C)[C@H]1CC[C@H](C)C[C@@H]1[C@@H]1C=CC(=O)O1. The lowest BCUT2D eigenvalue weighted by Crippen LogP contribution is -2.35. The second-order valence-corrected chi connectivity index (χ2v) is 5.75. The topological polar surface area (TPSA) is 26.3 Å². The smallest absolute Gasteiger partial charge is 0.331 e. The molecule has 1 fully saturated rings. The monoisotopic (exact) mass is 222 g/mol. The average molecular weight is 222 g/mol. The summed E-state index contributed by atoms with van der Waals surface area (Å²) in [6.45, 7) is 6.88. The van der Waals surface area contributed by atoms with Crippen LogP contribution in [0.15, 0.2) is 12.2 Å². The molecule has 2 rings (SSSR count). The first kappa shape index (κ1) is 11.7. The van der Waals surface area contributed by atoms with Crippen molar-refractivity contribution in [2.45, 2.75) is 46.1 Å². The molecule has 1 aliphatic heterocycles. The molecule has 2 heteroatoms. The number of rotatable bonds is 2. The van der Waals surface area contributed by atoms with E-state index in [0.29, 0.717) is 17.8 Å². The van der Waals surface area contributed by atoms with Crippen LogP contribution >= 0.6 is 0 Å². The Morgan fingerprint density at radius 2 is 2.12 bits per heavy atom. The van der Waals surface area contributed by atoms with Crippen molar-refractivity contribution in [3.05, 3.63) is 12.2 Å². The lowest BCUT2D eigenvalue weighted by Gasteiger charge is -2.39. The van der Waals surface area contributed by atoms with Gasteiger partial charge in [0, 0.05) is 12.0 Å². The molecule has 0 spiro atoms. The van der Waals surface area contributed by atoms with Crippen LogP contribution in [0.5, 0.6) is 0 Å². The first-order chi connectivity index (χ1) is 7.58. The summed E-state index contributed by atoms with van der Waals surface area (Å²) >= 11 is 0. The Morgan fingerprint density at radius 3 is 2.69 bits per heavy atom. The lowest BCUT2D eigenvalue weighted by atomic mass is 9.68. The summed E-state index contributed by atoms with van der Waals surface area (Å²) in [5, 5.41) is 0. The van der Waals surface area contributed by atoms with E-state index in [2.05, 4.69) is 20.8 Å². The molecule has 90 valence electrons. The van der Waals surface area contributed by atoms with Gasteiger partial charge in [-0.25, -0.2) is 4.79 Å². The van der Waals surface area contributed by atoms with E-state index in [9.17, 15) is 4.79 Å². The molecule has 16 heavy (non-hydrogen) atoms. The summed E-state index contributed by atoms with van der Waals surface area (Å²) in [4.78, 5) is 11.1. The highest BCUT2D eigenvalue weighted by atomic mass is 16.5. The molecule has 0 radical (unpaired) electrons. The number of carbonyl (C=O) groups is 1. The van der Waals surface area contributed by atoms with Crippen LogP contribution < -0.4 is 0 Å². The maximum atomic E-state index is 11.1. The maximum absolute atomic E-state index is 11.1. The molecule has 1 saturated carbocycles. The molecule has 0 N–H and O–H groups in total. The average Bonchev–Trinajstić information content (AvgIpc) is 2.64. The van der Waals surface area contributed by atoms with Crippen LogP contribution in [0.4, 0.5) is 0 Å². The first-order valence-electron chi connectivity index (χ1n) is 6.46. The number of cyclic esters (lactones) is 1. The molecule has 0 saturated heterocycles. The fraction of sp³-hybridized carbons (Fsp3) is 0.786. The molecule has 0 amide bonds. The third kappa shape index (κ3) is 2.31. The molecule has 1 heterocycles. The molecule has 0 unspecified atom stereocenters. The second-order valence-electron chi connectivity index (χ2n) is 5.75. The number of hydrogen-bond acceptors (Lipinski definition) is 2. The largest absolute Gasteiger partial charge is 0.455 e. The zero-order valence-corrected chi connectivity index (χ0v) is 10.5. The van der Waals surface area contributed by atoms with Crippen LogP contribution in [0.25, 0.3) is 0 Å². The fourth-order valence-electron chi connectivity index (χ4n) is 3.27. The summed E-state index contributed by atoms with van der Waals surface area (Å²) in [6, 6.07) is 0. The van der Waals surface area contributed by atoms with E-state index in [1.807, 2.05) is 6.08 Å². The summed E-state index contributed by atoms with van der Waals surface area (Å²) in [5.74, 6) is 2.53. The van der Waals surface area contributed by atoms with E-state index in [1.165, 1.54) is 19.3 Å². The van der Waals surface area contributed by atoms with Gasteiger partial charge >= 0.3 is 5.97 Å². The van der Waals surface area contributed by atoms with E-state index >= 15 is 0 Å². The molecular formula is C14H22O2. The lowest BCUT2D eigenvalue weighted by molar-refractivity contribution is -0.142. The van der Waals surface area contributed by atoms with Gasteiger partial charge in [-0.05, 0) is 36.7 Å². The van der Waals surface area contributed by atoms with Crippen LogP contribution in [0, 0.1) is 23.7 Å². The van der Waals surface area contributed by atoms with Crippen molar-refractivity contribution in [2.75, 3.05) is 0 Å². The van der Waals surface area contributed by atoms with Gasteiger partial charge in [-0.2, -0.15) is 0 Å². The van der Waals surface area contributed by atoms with Gasteiger partial charge < -0.3 is 4.74 Å². The van der Waals surface area contributed by atoms with Gasteiger partial charge in [0.2, 0.25) is 0 Å². The summed E-state index contributed by atoms with van der Waals surface area (Å²) < 4.78 is 5.38. The molecule has 0 aromatic heterocycles. The van der Waals surface area contributed by atoms with Crippen LogP contribution in [0.2, 0.25) is 0 Å². The summed E-state index contributed by atoms with van der Waals surface area (Å²) in [6.07, 6.45) is 7.39. The summed E-state index contributed by atoms with van der Waals surface area (Å²) in [5.41, 5.74) is 0. The highest BCUT2D eigenvalue weighted by molar-refractivity contribution is 5.84. The summed E-state index contributed by atoms with van der Waals surface area (Å²) in [7, 11) is 0. The number of carbonyl (C=O) groups excluding carboxylic acids is 1. The van der Waals surface area contributed by atoms with E-state index in [-0.39, 0.29) is 12.1 Å². The highest BCUT2D eigenvalue weighted by Crippen LogP contribution is 2.41. The van der Waals surface area contributed by atoms with Gasteiger partial charge in [0.05, 0.1) is 0 Å². The standard InChI is InChI=1S/C14H22O2/c1-9(2)11-5-4-10(3)8-12(11)13-6-7-14(15)16-13/h6-7,9-13H,4-5,8H2,1-3H3/t10-,11+,12-,13-/m0/s1. The van der Waals surface area contributed by atoms with Crippen molar-refractivity contribution >= 4 is 5.97 Å². The normalized spacial score (nSPS) is 39.1. The van der Waals surface area contributed by atoms with Gasteiger partial charge in [-0.15, -0.1) is 0 Å². The van der Waals surface area contributed by atoms with Crippen LogP contribution in [0.3, 0.4) is 0 Å². The molecule has 4 atom stereocenters. The zero-order chi connectivity index (χ0) is 11.7. The second kappa shape index (κ2) is 4.60. The van der Waals surface area contributed by atoms with Crippen molar-refractivity contribution < 1.29 is 9.53 Å². The van der Waals surface area contributed by atoms with Gasteiger partial charge in [0.1, 0.15) is 6.10 Å². The van der Waals surface area contributed by atoms with Gasteiger partial charge in [0.25, 0.3) is 0 Å². The molecule has 2 nitrogen and oxygen atoms in total. The Labute approximate surface area is 98.1 Å². The Morgan fingerprint density at radius 1 is 1.38 bits per heavy atom. The van der Waals surface area contributed by atoms with Crippen molar-refractivity contribution in [1.82, 2.24) is 0 Å². The van der Waals surface area contributed by atoms with E-state index < -0.39 is 0 Å². The Hall–Kier alpha value is -0.790. The number of hydrogen-bond donors (Lipinski definition) is 0. The Bertz CT molecular complexity index is 293. The Balaban J connectivity index is 2.08. The molecule has 2 aliphatic rings. The minimum Gasteiger partial charge on any atom is -0.455 e. The van der Waals surface area contributed by atoms with Crippen molar-refractivity contribution in [1.29, 1.82) is 0 Å². The minimum atomic E-state index is -0.161. The predicted octanol–water partition coefficient (Wildman–Crippen LogP) is 3.18. The van der Waals surface area contributed by atoms with Crippen LogP contribution in [-0.2, 0) is 9.53 Å². The number of ether oxygens (including phenoxy) is 1. The van der Waals surface area contributed by atoms with Crippen molar-refractivity contribution in [3.63, 3.8) is 0 Å². The van der Waals surface area contributed by atoms with Gasteiger partial charge in [-0.3, -0.25) is 0 Å². The van der Waals surface area contributed by atoms with Gasteiger partial charge in [0.15, 0.2) is 0 Å². The fourth-order valence-corrected chi connectivity index (χ4v) is 3.27. The predicted molar refractivity (Wildman–Crippen MR) is 63.9 cm³/mol. The Kier molecular flexibility index (Phi) is 3.36. The van der Waals surface area contributed by atoms with Crippen LogP contribution in [-0.4, -0.2) is 12.1 Å². The minimum absolute atomic E-state index is 0.0441. The quantitative estimate of drug-likeness (QED) is 0.671. The van der Waals surface area contributed by atoms with Crippen molar-refractivity contribution in [3.8, 4) is 0 Å². The highest BCUT2D eigenvalue weighted by Gasteiger charge is 2.37. The third-order valence-electron chi connectivity index (χ3n) is 4.17. The number of esters is 1. The third-order valence-corrected chi connectivity index (χ3v) is 4.17. The first-order valence-corrected chi connectivity index (χ1v) is 6.46.